The number of rotatable bonds is 2. The van der Waals surface area contributed by atoms with Gasteiger partial charge in [0.1, 0.15) is 12.6 Å². The van der Waals surface area contributed by atoms with Crippen LogP contribution in [0.4, 0.5) is 23.7 Å². The van der Waals surface area contributed by atoms with E-state index in [9.17, 15) is 18.0 Å². The number of alkyl halides is 3. The molecule has 2 amide bonds. The summed E-state index contributed by atoms with van der Waals surface area (Å²) < 4.78 is 36.2. The molecule has 0 bridgehead atoms. The zero-order valence-electron chi connectivity index (χ0n) is 8.81. The molecule has 1 aromatic rings. The summed E-state index contributed by atoms with van der Waals surface area (Å²) in [6.07, 6.45) is -4.48. The molecule has 0 saturated carbocycles. The van der Waals surface area contributed by atoms with Crippen LogP contribution in [0.1, 0.15) is 5.56 Å². The number of halogens is 4. The predicted molar refractivity (Wildman–Crippen MR) is 61.9 cm³/mol. The summed E-state index contributed by atoms with van der Waals surface area (Å²) in [7, 11) is 0. The van der Waals surface area contributed by atoms with Crippen molar-refractivity contribution in [1.82, 2.24) is 5.32 Å². The molecule has 0 saturated heterocycles. The molecule has 2 N–H and O–H groups in total. The number of hydrogen-bond acceptors (Lipinski definition) is 2. The Morgan fingerprint density at radius 3 is 2.67 bits per heavy atom. The van der Waals surface area contributed by atoms with Gasteiger partial charge in [0.25, 0.3) is 0 Å². The van der Waals surface area contributed by atoms with Crippen LogP contribution in [0.25, 0.3) is 0 Å². The van der Waals surface area contributed by atoms with Crippen LogP contribution in [-0.2, 0) is 0 Å². The molecule has 0 atom stereocenters. The first-order chi connectivity index (χ1) is 8.31. The van der Waals surface area contributed by atoms with Crippen molar-refractivity contribution in [3.63, 3.8) is 0 Å². The highest BCUT2D eigenvalue weighted by atomic mass is 79.9. The van der Waals surface area contributed by atoms with Gasteiger partial charge >= 0.3 is 12.2 Å². The molecule has 0 radical (unpaired) electrons. The Morgan fingerprint density at radius 2 is 2.11 bits per heavy atom. The largest absolute Gasteiger partial charge is 0.405 e. The summed E-state index contributed by atoms with van der Waals surface area (Å²) in [6, 6.07) is 5.21. The Kier molecular flexibility index (Phi) is 4.55. The number of benzene rings is 1. The van der Waals surface area contributed by atoms with Gasteiger partial charge in [0.15, 0.2) is 0 Å². The van der Waals surface area contributed by atoms with Gasteiger partial charge in [-0.25, -0.2) is 4.79 Å². The van der Waals surface area contributed by atoms with Gasteiger partial charge in [-0.1, -0.05) is 15.9 Å². The van der Waals surface area contributed by atoms with Crippen molar-refractivity contribution in [1.29, 1.82) is 5.26 Å². The molecule has 8 heteroatoms. The molecular weight excluding hydrogens is 315 g/mol. The van der Waals surface area contributed by atoms with Gasteiger partial charge in [-0.05, 0) is 18.2 Å². The van der Waals surface area contributed by atoms with Crippen molar-refractivity contribution < 1.29 is 18.0 Å². The summed E-state index contributed by atoms with van der Waals surface area (Å²) in [4.78, 5) is 11.2. The smallest absolute Gasteiger partial charge is 0.329 e. The topological polar surface area (TPSA) is 64.9 Å². The number of amides is 2. The fraction of sp³-hybridized carbons (Fsp3) is 0.200. The highest BCUT2D eigenvalue weighted by Gasteiger charge is 2.27. The normalized spacial score (nSPS) is 10.6. The molecule has 0 fully saturated rings. The summed E-state index contributed by atoms with van der Waals surface area (Å²) in [5.74, 6) is 0. The maximum Gasteiger partial charge on any atom is 0.405 e. The zero-order chi connectivity index (χ0) is 13.8. The third-order valence-corrected chi connectivity index (χ3v) is 2.29. The van der Waals surface area contributed by atoms with Crippen LogP contribution in [0.15, 0.2) is 22.7 Å². The first-order valence-electron chi connectivity index (χ1n) is 4.63. The number of carbonyl (C=O) groups is 1. The summed E-state index contributed by atoms with van der Waals surface area (Å²) in [6.45, 7) is -1.43. The molecule has 0 aromatic heterocycles. The molecule has 4 nitrogen and oxygen atoms in total. The van der Waals surface area contributed by atoms with Crippen LogP contribution in [0, 0.1) is 11.3 Å². The van der Waals surface area contributed by atoms with Gasteiger partial charge in [0, 0.05) is 4.47 Å². The summed E-state index contributed by atoms with van der Waals surface area (Å²) in [5, 5.41) is 12.6. The lowest BCUT2D eigenvalue weighted by molar-refractivity contribution is -0.122. The van der Waals surface area contributed by atoms with E-state index in [4.69, 9.17) is 5.26 Å². The highest BCUT2D eigenvalue weighted by molar-refractivity contribution is 9.10. The quantitative estimate of drug-likeness (QED) is 0.879. The van der Waals surface area contributed by atoms with Crippen molar-refractivity contribution >= 4 is 27.6 Å². The Balaban J connectivity index is 2.68. The minimum Gasteiger partial charge on any atom is -0.329 e. The first kappa shape index (κ1) is 14.3. The van der Waals surface area contributed by atoms with Crippen molar-refractivity contribution in [3.8, 4) is 6.07 Å². The minimum atomic E-state index is -4.48. The third kappa shape index (κ3) is 4.63. The Labute approximate surface area is 109 Å². The van der Waals surface area contributed by atoms with Gasteiger partial charge < -0.3 is 10.6 Å². The monoisotopic (exact) mass is 321 g/mol. The molecule has 96 valence electrons. The molecule has 0 spiro atoms. The Bertz CT molecular complexity index is 496. The molecule has 18 heavy (non-hydrogen) atoms. The molecule has 0 aliphatic rings. The second-order valence-corrected chi connectivity index (χ2v) is 4.14. The van der Waals surface area contributed by atoms with E-state index in [0.717, 1.165) is 0 Å². The van der Waals surface area contributed by atoms with E-state index in [2.05, 4.69) is 21.2 Å². The van der Waals surface area contributed by atoms with Crippen LogP contribution in [-0.4, -0.2) is 18.8 Å². The number of hydrogen-bond donors (Lipinski definition) is 2. The summed E-state index contributed by atoms with van der Waals surface area (Å²) in [5.41, 5.74) is 0.284. The van der Waals surface area contributed by atoms with E-state index in [1.54, 1.807) is 11.4 Å². The molecule has 1 rings (SSSR count). The van der Waals surface area contributed by atoms with Gasteiger partial charge in [-0.15, -0.1) is 0 Å². The molecule has 0 aliphatic carbocycles. The number of nitrogens with zero attached hydrogens (tertiary/aromatic N) is 1. The highest BCUT2D eigenvalue weighted by Crippen LogP contribution is 2.20. The average molecular weight is 322 g/mol. The van der Waals surface area contributed by atoms with Crippen molar-refractivity contribution in [2.24, 2.45) is 0 Å². The number of anilines is 1. The molecule has 0 aliphatic heterocycles. The van der Waals surface area contributed by atoms with Crippen LogP contribution in [0.3, 0.4) is 0 Å². The van der Waals surface area contributed by atoms with Crippen molar-refractivity contribution in [2.75, 3.05) is 11.9 Å². The van der Waals surface area contributed by atoms with Gasteiger partial charge in [0.2, 0.25) is 0 Å². The maximum atomic E-state index is 11.9. The second kappa shape index (κ2) is 5.73. The van der Waals surface area contributed by atoms with Gasteiger partial charge in [-0.3, -0.25) is 0 Å². The third-order valence-electron chi connectivity index (χ3n) is 1.80. The van der Waals surface area contributed by atoms with Crippen molar-refractivity contribution in [2.45, 2.75) is 6.18 Å². The number of carbonyl (C=O) groups excluding carboxylic acids is 1. The lowest BCUT2D eigenvalue weighted by Crippen LogP contribution is -2.36. The SMILES string of the molecule is N#Cc1cc(Br)ccc1NC(=O)NCC(F)(F)F. The van der Waals surface area contributed by atoms with E-state index in [0.29, 0.717) is 4.47 Å². The fourth-order valence-corrected chi connectivity index (χ4v) is 1.43. The zero-order valence-corrected chi connectivity index (χ0v) is 10.4. The lowest BCUT2D eigenvalue weighted by Gasteiger charge is -2.10. The Morgan fingerprint density at radius 1 is 1.44 bits per heavy atom. The van der Waals surface area contributed by atoms with E-state index >= 15 is 0 Å². The summed E-state index contributed by atoms with van der Waals surface area (Å²) >= 11 is 3.13. The lowest BCUT2D eigenvalue weighted by atomic mass is 10.2. The molecular formula is C10H7BrF3N3O. The predicted octanol–water partition coefficient (Wildman–Crippen LogP) is 3.00. The van der Waals surface area contributed by atoms with Crippen molar-refractivity contribution in [3.05, 3.63) is 28.2 Å². The van der Waals surface area contributed by atoms with E-state index in [1.165, 1.54) is 12.1 Å². The van der Waals surface area contributed by atoms with Gasteiger partial charge in [-0.2, -0.15) is 18.4 Å². The van der Waals surface area contributed by atoms with Crippen LogP contribution < -0.4 is 10.6 Å². The van der Waals surface area contributed by atoms with E-state index < -0.39 is 18.8 Å². The number of urea groups is 1. The Hall–Kier alpha value is -1.75. The van der Waals surface area contributed by atoms with E-state index in [-0.39, 0.29) is 11.3 Å². The van der Waals surface area contributed by atoms with Gasteiger partial charge in [0.05, 0.1) is 11.3 Å². The van der Waals surface area contributed by atoms with Crippen LogP contribution >= 0.6 is 15.9 Å². The average Bonchev–Trinajstić information content (AvgIpc) is 2.28. The van der Waals surface area contributed by atoms with Crippen LogP contribution in [0.2, 0.25) is 0 Å². The van der Waals surface area contributed by atoms with Crippen LogP contribution in [0.5, 0.6) is 0 Å². The maximum absolute atomic E-state index is 11.9. The molecule has 0 heterocycles. The second-order valence-electron chi connectivity index (χ2n) is 3.22. The fourth-order valence-electron chi connectivity index (χ4n) is 1.06. The molecule has 0 unspecified atom stereocenters. The van der Waals surface area contributed by atoms with E-state index in [1.807, 2.05) is 6.07 Å². The number of nitrogens with one attached hydrogen (secondary N) is 2. The standard InChI is InChI=1S/C10H7BrF3N3O/c11-7-1-2-8(6(3-7)4-15)17-9(18)16-5-10(12,13)14/h1-3H,5H2,(H2,16,17,18). The first-order valence-corrected chi connectivity index (χ1v) is 5.42. The molecule has 1 aromatic carbocycles. The minimum absolute atomic E-state index is 0.139. The number of nitriles is 1.